The van der Waals surface area contributed by atoms with Crippen molar-refractivity contribution in [3.63, 3.8) is 0 Å². The number of aromatic amines is 1. The van der Waals surface area contributed by atoms with E-state index in [1.54, 1.807) is 0 Å². The number of hydrogen-bond donors (Lipinski definition) is 3. The fraction of sp³-hybridized carbons (Fsp3) is 0.292. The minimum atomic E-state index is -4.98. The lowest BCUT2D eigenvalue weighted by molar-refractivity contribution is -0.274. The summed E-state index contributed by atoms with van der Waals surface area (Å²) in [4.78, 5) is 15.8. The fourth-order valence-corrected chi connectivity index (χ4v) is 4.91. The quantitative estimate of drug-likeness (QED) is 0.249. The molecule has 15 heteroatoms. The van der Waals surface area contributed by atoms with Gasteiger partial charge in [0.2, 0.25) is 10.3 Å². The summed E-state index contributed by atoms with van der Waals surface area (Å²) in [5.74, 6) is -2.46. The number of hydrogen-bond acceptors (Lipinski definition) is 9. The monoisotopic (exact) mass is 563 g/mol. The zero-order chi connectivity index (χ0) is 27.6. The number of H-pyrrole nitrogens is 1. The smallest absolute Gasteiger partial charge is 0.406 e. The number of alkyl halides is 3. The third-order valence-corrected chi connectivity index (χ3v) is 6.76. The molecule has 4 aromatic rings. The molecule has 0 fully saturated rings. The van der Waals surface area contributed by atoms with Gasteiger partial charge in [0.05, 0.1) is 5.69 Å². The highest BCUT2D eigenvalue weighted by molar-refractivity contribution is 7.19. The van der Waals surface area contributed by atoms with E-state index in [1.165, 1.54) is 0 Å². The molecular weight excluding hydrogens is 542 g/mol. The average molecular weight is 564 g/mol. The van der Waals surface area contributed by atoms with E-state index in [9.17, 15) is 22.4 Å². The number of methoxy groups -OCH3 is 1. The van der Waals surface area contributed by atoms with Crippen molar-refractivity contribution in [1.29, 1.82) is 0 Å². The van der Waals surface area contributed by atoms with Gasteiger partial charge in [-0.3, -0.25) is 10.1 Å². The van der Waals surface area contributed by atoms with Crippen LogP contribution in [0.3, 0.4) is 0 Å². The number of nitrogens with one attached hydrogen (secondary N) is 3. The third kappa shape index (κ3) is 6.31. The molecule has 0 saturated carbocycles. The minimum absolute atomic E-state index is 0.0754. The van der Waals surface area contributed by atoms with Gasteiger partial charge in [-0.2, -0.15) is 0 Å². The molecule has 3 aromatic heterocycles. The van der Waals surface area contributed by atoms with E-state index in [2.05, 4.69) is 46.8 Å². The summed E-state index contributed by atoms with van der Waals surface area (Å²) in [6, 6.07) is 6.34. The summed E-state index contributed by atoms with van der Waals surface area (Å²) >= 11 is 1.06. The van der Waals surface area contributed by atoms with Crippen molar-refractivity contribution in [2.45, 2.75) is 37.8 Å². The molecule has 0 radical (unpaired) electrons. The number of nitrogens with zero attached hydrogens (tertiary/aromatic N) is 4. The first-order chi connectivity index (χ1) is 18.7. The molecule has 1 unspecified atom stereocenters. The molecule has 1 aliphatic carbocycles. The number of anilines is 2. The molecule has 1 aromatic carbocycles. The molecule has 204 valence electrons. The molecular formula is C24H21F4N7O3S. The number of allylic oxidation sites excluding steroid dienone is 1. The maximum Gasteiger partial charge on any atom is 0.573 e. The number of fused-ring (bicyclic) bond motifs is 1. The molecule has 1 amide bonds. The second kappa shape index (κ2) is 10.9. The van der Waals surface area contributed by atoms with Crippen LogP contribution in [0.25, 0.3) is 16.6 Å². The normalized spacial score (nSPS) is 16.5. The van der Waals surface area contributed by atoms with Crippen molar-refractivity contribution >= 4 is 44.1 Å². The van der Waals surface area contributed by atoms with Crippen LogP contribution >= 0.6 is 11.3 Å². The summed E-state index contributed by atoms with van der Waals surface area (Å²) in [6.07, 6.45) is -0.319. The lowest BCUT2D eigenvalue weighted by Gasteiger charge is -2.22. The van der Waals surface area contributed by atoms with Gasteiger partial charge in [-0.15, -0.1) is 33.6 Å². The van der Waals surface area contributed by atoms with E-state index in [0.717, 1.165) is 71.8 Å². The molecule has 5 rings (SSSR count). The lowest BCUT2D eigenvalue weighted by Crippen LogP contribution is -2.24. The average Bonchev–Trinajstić information content (AvgIpc) is 3.54. The molecule has 3 N–H and O–H groups in total. The summed E-state index contributed by atoms with van der Waals surface area (Å²) < 4.78 is 60.9. The first-order valence-corrected chi connectivity index (χ1v) is 12.5. The second-order valence-corrected chi connectivity index (χ2v) is 9.58. The molecule has 0 aliphatic heterocycles. The Hall–Kier alpha value is -4.11. The van der Waals surface area contributed by atoms with E-state index >= 15 is 0 Å². The summed E-state index contributed by atoms with van der Waals surface area (Å²) in [5, 5.41) is 23.7. The zero-order valence-corrected chi connectivity index (χ0v) is 21.1. The van der Waals surface area contributed by atoms with Gasteiger partial charge >= 0.3 is 6.36 Å². The molecule has 39 heavy (non-hydrogen) atoms. The number of carbonyl (C=O) groups is 1. The largest absolute Gasteiger partial charge is 0.573 e. The van der Waals surface area contributed by atoms with E-state index < -0.39 is 35.5 Å². The van der Waals surface area contributed by atoms with Gasteiger partial charge in [-0.05, 0) is 55.2 Å². The molecule has 0 bridgehead atoms. The fourth-order valence-electron chi connectivity index (χ4n) is 4.18. The van der Waals surface area contributed by atoms with Crippen LogP contribution in [-0.2, 0) is 9.53 Å². The highest BCUT2D eigenvalue weighted by Gasteiger charge is 2.32. The van der Waals surface area contributed by atoms with E-state index in [0.29, 0.717) is 11.6 Å². The Labute approximate surface area is 222 Å². The zero-order valence-electron chi connectivity index (χ0n) is 20.3. The first-order valence-electron chi connectivity index (χ1n) is 11.7. The Morgan fingerprint density at radius 1 is 1.15 bits per heavy atom. The Bertz CT molecular complexity index is 1520. The number of carbonyl (C=O) groups excluding carboxylic acids is 1. The van der Waals surface area contributed by atoms with Crippen molar-refractivity contribution in [1.82, 2.24) is 25.4 Å². The number of benzene rings is 1. The minimum Gasteiger partial charge on any atom is -0.406 e. The predicted octanol–water partition coefficient (Wildman–Crippen LogP) is 5.22. The van der Waals surface area contributed by atoms with E-state index in [1.807, 2.05) is 18.3 Å². The Balaban J connectivity index is 1.20. The molecule has 0 spiro atoms. The third-order valence-electron chi connectivity index (χ3n) is 5.99. The van der Waals surface area contributed by atoms with Gasteiger partial charge in [-0.1, -0.05) is 17.4 Å². The highest BCUT2D eigenvalue weighted by atomic mass is 32.1. The molecule has 2 atom stereocenters. The number of rotatable bonds is 8. The topological polar surface area (TPSA) is 127 Å². The van der Waals surface area contributed by atoms with Crippen LogP contribution in [0.5, 0.6) is 5.75 Å². The van der Waals surface area contributed by atoms with Crippen LogP contribution in [0.1, 0.15) is 36.6 Å². The second-order valence-electron chi connectivity index (χ2n) is 8.60. The van der Waals surface area contributed by atoms with Crippen LogP contribution in [0, 0.1) is 5.82 Å². The standard InChI is InChI=1S/C24H21F4N7O3S/c1-37-19(16-11-15(6-7-17(16)25)38-24(26,27)28)21(36)31-23-35-34-22(39-23)30-14-4-2-12(3-5-14)18-10-13-8-9-29-20(13)33-32-18/h2,6-11,14,19H,3-5H2,1H3,(H,29,33)(H,30,34)(H,31,35,36)/t14?,19-/m0/s1. The molecule has 10 nitrogen and oxygen atoms in total. The summed E-state index contributed by atoms with van der Waals surface area (Å²) in [6.45, 7) is 0. The van der Waals surface area contributed by atoms with Crippen LogP contribution in [0.2, 0.25) is 0 Å². The Morgan fingerprint density at radius 2 is 1.97 bits per heavy atom. The van der Waals surface area contributed by atoms with Gasteiger partial charge in [0.25, 0.3) is 5.91 Å². The van der Waals surface area contributed by atoms with Crippen LogP contribution in [0.4, 0.5) is 27.8 Å². The Kier molecular flexibility index (Phi) is 7.43. The van der Waals surface area contributed by atoms with Gasteiger partial charge in [-0.25, -0.2) is 4.39 Å². The maximum atomic E-state index is 14.3. The molecule has 0 saturated heterocycles. The van der Waals surface area contributed by atoms with Gasteiger partial charge in [0, 0.05) is 30.3 Å². The summed E-state index contributed by atoms with van der Waals surface area (Å²) in [5.41, 5.74) is 2.25. The SMILES string of the molecule is CO[C@H](C(=O)Nc1nnc(NC2CC=C(c3cc4cc[nH]c4nn3)CC2)s1)c1cc(OC(F)(F)F)ccc1F. The lowest BCUT2D eigenvalue weighted by atomic mass is 9.93. The molecule has 3 heterocycles. The van der Waals surface area contributed by atoms with Crippen LogP contribution in [-0.4, -0.2) is 50.8 Å². The number of halogens is 4. The number of ether oxygens (including phenoxy) is 2. The van der Waals surface area contributed by atoms with E-state index in [-0.39, 0.29) is 11.2 Å². The predicted molar refractivity (Wildman–Crippen MR) is 134 cm³/mol. The van der Waals surface area contributed by atoms with E-state index in [4.69, 9.17) is 4.74 Å². The van der Waals surface area contributed by atoms with Crippen molar-refractivity contribution < 1.29 is 31.8 Å². The van der Waals surface area contributed by atoms with Gasteiger partial charge < -0.3 is 19.8 Å². The van der Waals surface area contributed by atoms with Crippen molar-refractivity contribution in [2.24, 2.45) is 0 Å². The molecule has 1 aliphatic rings. The van der Waals surface area contributed by atoms with Gasteiger partial charge in [0.1, 0.15) is 11.6 Å². The van der Waals surface area contributed by atoms with Gasteiger partial charge in [0.15, 0.2) is 11.8 Å². The van der Waals surface area contributed by atoms with Crippen molar-refractivity contribution in [3.05, 3.63) is 59.7 Å². The number of aromatic nitrogens is 5. The Morgan fingerprint density at radius 3 is 2.72 bits per heavy atom. The first kappa shape index (κ1) is 26.5. The van der Waals surface area contributed by atoms with Crippen LogP contribution < -0.4 is 15.4 Å². The highest BCUT2D eigenvalue weighted by Crippen LogP contribution is 2.32. The summed E-state index contributed by atoms with van der Waals surface area (Å²) in [7, 11) is 1.13. The maximum absolute atomic E-state index is 14.3. The van der Waals surface area contributed by atoms with Crippen LogP contribution in [0.15, 0.2) is 42.6 Å². The van der Waals surface area contributed by atoms with Crippen molar-refractivity contribution in [3.8, 4) is 5.75 Å². The van der Waals surface area contributed by atoms with Crippen molar-refractivity contribution in [2.75, 3.05) is 17.7 Å². The number of amides is 1.